The molecule has 1 aromatic carbocycles. The summed E-state index contributed by atoms with van der Waals surface area (Å²) in [6.45, 7) is 0. The molecular formula is C10H4ClF2N3. The Hall–Kier alpha value is -2.11. The number of hydrogen-bond donors (Lipinski definition) is 1. The number of hydrogen-bond acceptors (Lipinski definition) is 3. The number of nitrogens with zero attached hydrogens (tertiary/aromatic N) is 2. The summed E-state index contributed by atoms with van der Waals surface area (Å²) in [4.78, 5) is 0. The van der Waals surface area contributed by atoms with E-state index in [2.05, 4.69) is 5.32 Å². The predicted octanol–water partition coefficient (Wildman–Crippen LogP) is 2.96. The summed E-state index contributed by atoms with van der Waals surface area (Å²) < 4.78 is 26.0. The summed E-state index contributed by atoms with van der Waals surface area (Å²) in [5.74, 6) is -2.24. The van der Waals surface area contributed by atoms with E-state index in [-0.39, 0.29) is 16.3 Å². The minimum absolute atomic E-state index is 0.00488. The van der Waals surface area contributed by atoms with Crippen LogP contribution in [0.4, 0.5) is 14.5 Å². The van der Waals surface area contributed by atoms with Gasteiger partial charge in [-0.2, -0.15) is 10.5 Å². The smallest absolute Gasteiger partial charge is 0.182 e. The van der Waals surface area contributed by atoms with Gasteiger partial charge >= 0.3 is 0 Å². The SMILES string of the molecule is N#CC(C#N)=CNc1cc(Cl)cc(F)c1F. The zero-order valence-electron chi connectivity index (χ0n) is 7.76. The fourth-order valence-corrected chi connectivity index (χ4v) is 1.11. The summed E-state index contributed by atoms with van der Waals surface area (Å²) in [5.41, 5.74) is -0.507. The van der Waals surface area contributed by atoms with E-state index in [1.54, 1.807) is 12.1 Å². The second kappa shape index (κ2) is 5.11. The van der Waals surface area contributed by atoms with Gasteiger partial charge in [0.05, 0.1) is 5.69 Å². The van der Waals surface area contributed by atoms with Crippen molar-refractivity contribution in [3.63, 3.8) is 0 Å². The summed E-state index contributed by atoms with van der Waals surface area (Å²) >= 11 is 5.51. The first-order valence-corrected chi connectivity index (χ1v) is 4.37. The number of rotatable bonds is 2. The molecule has 1 aromatic rings. The zero-order chi connectivity index (χ0) is 12.1. The van der Waals surface area contributed by atoms with Crippen molar-refractivity contribution in [1.82, 2.24) is 0 Å². The Morgan fingerprint density at radius 2 is 1.94 bits per heavy atom. The molecular weight excluding hydrogens is 236 g/mol. The third kappa shape index (κ3) is 2.69. The molecule has 0 bridgehead atoms. The Kier molecular flexibility index (Phi) is 3.82. The molecule has 3 nitrogen and oxygen atoms in total. The Bertz CT molecular complexity index is 510. The van der Waals surface area contributed by atoms with Crippen LogP contribution in [0, 0.1) is 34.3 Å². The van der Waals surface area contributed by atoms with E-state index in [1.165, 1.54) is 0 Å². The maximum atomic E-state index is 13.1. The highest BCUT2D eigenvalue weighted by Crippen LogP contribution is 2.22. The van der Waals surface area contributed by atoms with Gasteiger partial charge in [0, 0.05) is 11.2 Å². The molecule has 80 valence electrons. The molecule has 0 saturated heterocycles. The third-order valence-electron chi connectivity index (χ3n) is 1.61. The molecule has 0 aliphatic heterocycles. The molecule has 1 N–H and O–H groups in total. The zero-order valence-corrected chi connectivity index (χ0v) is 8.52. The topological polar surface area (TPSA) is 59.6 Å². The fourth-order valence-electron chi connectivity index (χ4n) is 0.900. The van der Waals surface area contributed by atoms with Crippen LogP contribution in [-0.4, -0.2) is 0 Å². The molecule has 0 radical (unpaired) electrons. The molecule has 0 heterocycles. The Morgan fingerprint density at radius 3 is 2.50 bits per heavy atom. The molecule has 16 heavy (non-hydrogen) atoms. The van der Waals surface area contributed by atoms with Gasteiger partial charge in [-0.05, 0) is 12.1 Å². The van der Waals surface area contributed by atoms with Gasteiger partial charge in [0.1, 0.15) is 17.7 Å². The van der Waals surface area contributed by atoms with E-state index in [0.717, 1.165) is 18.3 Å². The van der Waals surface area contributed by atoms with Crippen molar-refractivity contribution in [2.24, 2.45) is 0 Å². The minimum atomic E-state index is -1.13. The average Bonchev–Trinajstić information content (AvgIpc) is 2.26. The number of benzene rings is 1. The summed E-state index contributed by atoms with van der Waals surface area (Å²) in [6.07, 6.45) is 0.966. The normalized spacial score (nSPS) is 8.81. The first-order valence-electron chi connectivity index (χ1n) is 4.00. The molecule has 0 atom stereocenters. The van der Waals surface area contributed by atoms with Crippen LogP contribution in [0.15, 0.2) is 23.9 Å². The lowest BCUT2D eigenvalue weighted by molar-refractivity contribution is 0.512. The molecule has 0 unspecified atom stereocenters. The van der Waals surface area contributed by atoms with Crippen molar-refractivity contribution in [2.45, 2.75) is 0 Å². The lowest BCUT2D eigenvalue weighted by Gasteiger charge is -2.04. The minimum Gasteiger partial charge on any atom is -0.357 e. The highest BCUT2D eigenvalue weighted by molar-refractivity contribution is 6.30. The standard InChI is InChI=1S/C10H4ClF2N3/c11-7-1-8(12)10(13)9(2-7)16-5-6(3-14)4-15/h1-2,5,16H. The highest BCUT2D eigenvalue weighted by Gasteiger charge is 2.09. The molecule has 0 aliphatic carbocycles. The molecule has 0 aliphatic rings. The first kappa shape index (κ1) is 12.0. The van der Waals surface area contributed by atoms with Gasteiger partial charge < -0.3 is 5.32 Å². The number of allylic oxidation sites excluding steroid dienone is 1. The van der Waals surface area contributed by atoms with Crippen LogP contribution in [0.3, 0.4) is 0 Å². The Balaban J connectivity index is 3.05. The molecule has 0 aromatic heterocycles. The van der Waals surface area contributed by atoms with E-state index >= 15 is 0 Å². The van der Waals surface area contributed by atoms with Crippen molar-refractivity contribution in [1.29, 1.82) is 10.5 Å². The summed E-state index contributed by atoms with van der Waals surface area (Å²) in [6, 6.07) is 5.08. The van der Waals surface area contributed by atoms with Crippen molar-refractivity contribution in [2.75, 3.05) is 5.32 Å². The molecule has 1 rings (SSSR count). The molecule has 0 spiro atoms. The number of nitrogens with one attached hydrogen (secondary N) is 1. The monoisotopic (exact) mass is 239 g/mol. The van der Waals surface area contributed by atoms with Gasteiger partial charge in [-0.25, -0.2) is 8.78 Å². The van der Waals surface area contributed by atoms with Crippen LogP contribution in [0.1, 0.15) is 0 Å². The lowest BCUT2D eigenvalue weighted by atomic mass is 10.3. The second-order valence-corrected chi connectivity index (χ2v) is 3.11. The van der Waals surface area contributed by atoms with E-state index in [4.69, 9.17) is 22.1 Å². The fraction of sp³-hybridized carbons (Fsp3) is 0. The van der Waals surface area contributed by atoms with Crippen molar-refractivity contribution in [3.8, 4) is 12.1 Å². The lowest BCUT2D eigenvalue weighted by Crippen LogP contribution is -1.96. The van der Waals surface area contributed by atoms with Gasteiger partial charge in [0.25, 0.3) is 0 Å². The third-order valence-corrected chi connectivity index (χ3v) is 1.82. The molecule has 0 fully saturated rings. The summed E-state index contributed by atoms with van der Waals surface area (Å²) in [7, 11) is 0. The predicted molar refractivity (Wildman–Crippen MR) is 54.3 cm³/mol. The van der Waals surface area contributed by atoms with E-state index < -0.39 is 11.6 Å². The van der Waals surface area contributed by atoms with Crippen LogP contribution < -0.4 is 5.32 Å². The van der Waals surface area contributed by atoms with Crippen molar-refractivity contribution < 1.29 is 8.78 Å². The van der Waals surface area contributed by atoms with Crippen LogP contribution in [0.5, 0.6) is 0 Å². The number of halogens is 3. The quantitative estimate of drug-likeness (QED) is 0.638. The van der Waals surface area contributed by atoms with Gasteiger partial charge in [-0.3, -0.25) is 0 Å². The maximum Gasteiger partial charge on any atom is 0.182 e. The van der Waals surface area contributed by atoms with Gasteiger partial charge in [0.2, 0.25) is 0 Å². The number of nitriles is 2. The number of anilines is 1. The first-order chi connectivity index (χ1) is 7.58. The molecule has 6 heteroatoms. The maximum absolute atomic E-state index is 13.1. The van der Waals surface area contributed by atoms with Crippen LogP contribution >= 0.6 is 11.6 Å². The van der Waals surface area contributed by atoms with Crippen molar-refractivity contribution >= 4 is 17.3 Å². The van der Waals surface area contributed by atoms with Gasteiger partial charge in [-0.15, -0.1) is 0 Å². The second-order valence-electron chi connectivity index (χ2n) is 2.68. The van der Waals surface area contributed by atoms with Crippen LogP contribution in [0.2, 0.25) is 5.02 Å². The van der Waals surface area contributed by atoms with Gasteiger partial charge in [-0.1, -0.05) is 11.6 Å². The Labute approximate surface area is 95.2 Å². The molecule has 0 saturated carbocycles. The summed E-state index contributed by atoms with van der Waals surface area (Å²) in [5, 5.41) is 19.1. The van der Waals surface area contributed by atoms with Crippen LogP contribution in [-0.2, 0) is 0 Å². The van der Waals surface area contributed by atoms with E-state index in [9.17, 15) is 8.78 Å². The van der Waals surface area contributed by atoms with E-state index in [0.29, 0.717) is 0 Å². The Morgan fingerprint density at radius 1 is 1.31 bits per heavy atom. The molecule has 0 amide bonds. The van der Waals surface area contributed by atoms with Crippen molar-refractivity contribution in [3.05, 3.63) is 40.6 Å². The highest BCUT2D eigenvalue weighted by atomic mass is 35.5. The van der Waals surface area contributed by atoms with Crippen LogP contribution in [0.25, 0.3) is 0 Å². The van der Waals surface area contributed by atoms with E-state index in [1.807, 2.05) is 0 Å². The van der Waals surface area contributed by atoms with Gasteiger partial charge in [0.15, 0.2) is 11.6 Å². The largest absolute Gasteiger partial charge is 0.357 e. The average molecular weight is 240 g/mol.